The van der Waals surface area contributed by atoms with Crippen molar-refractivity contribution in [2.45, 2.75) is 77.2 Å². The summed E-state index contributed by atoms with van der Waals surface area (Å²) in [5.41, 5.74) is 2.82. The largest absolute Gasteiger partial charge is 0.373 e. The van der Waals surface area contributed by atoms with E-state index in [0.717, 1.165) is 12.8 Å². The summed E-state index contributed by atoms with van der Waals surface area (Å²) >= 11 is 0. The molecular weight excluding hydrogens is 452 g/mol. The average molecular weight is 487 g/mol. The summed E-state index contributed by atoms with van der Waals surface area (Å²) in [7, 11) is 0. The van der Waals surface area contributed by atoms with E-state index in [2.05, 4.69) is 6.92 Å². The number of rotatable bonds is 8. The zero-order chi connectivity index (χ0) is 24.9. The van der Waals surface area contributed by atoms with Gasteiger partial charge in [-0.25, -0.2) is 17.6 Å². The SMILES string of the molecule is CCCc1ccc(-c2ccc(C3CCC(OCC4=CC[C@H](CC)C(F)=C4F)CC3)c(F)c2F)cc1. The van der Waals surface area contributed by atoms with E-state index in [4.69, 9.17) is 4.74 Å². The van der Waals surface area contributed by atoms with Gasteiger partial charge in [-0.05, 0) is 67.6 Å². The molecule has 4 rings (SSSR count). The molecule has 0 heterocycles. The summed E-state index contributed by atoms with van der Waals surface area (Å²) < 4.78 is 64.3. The lowest BCUT2D eigenvalue weighted by atomic mass is 9.82. The monoisotopic (exact) mass is 486 g/mol. The molecule has 0 aromatic heterocycles. The van der Waals surface area contributed by atoms with Gasteiger partial charge in [-0.3, -0.25) is 0 Å². The van der Waals surface area contributed by atoms with Gasteiger partial charge in [-0.15, -0.1) is 0 Å². The van der Waals surface area contributed by atoms with Crippen LogP contribution in [-0.2, 0) is 11.2 Å². The number of benzene rings is 2. The summed E-state index contributed by atoms with van der Waals surface area (Å²) in [4.78, 5) is 0. The molecule has 1 saturated carbocycles. The molecular formula is C30H34F4O. The minimum absolute atomic E-state index is 0.0414. The standard InChI is InChI=1S/C30H34F4O/c1-3-5-19-6-8-21(9-7-19)25-16-17-26(30(34)29(25)33)22-12-14-24(15-13-22)35-18-23-11-10-20(4-2)27(31)28(23)32/h6-9,11,16-17,20,22,24H,3-5,10,12-15,18H2,1-2H3/t20-,22?,24?/m0/s1. The van der Waals surface area contributed by atoms with Crippen LogP contribution in [0.3, 0.4) is 0 Å². The van der Waals surface area contributed by atoms with E-state index >= 15 is 4.39 Å². The average Bonchev–Trinajstić information content (AvgIpc) is 2.88. The number of hydrogen-bond acceptors (Lipinski definition) is 1. The van der Waals surface area contributed by atoms with E-state index < -0.39 is 23.3 Å². The minimum Gasteiger partial charge on any atom is -0.373 e. The number of ether oxygens (including phenoxy) is 1. The lowest BCUT2D eigenvalue weighted by Crippen LogP contribution is -2.23. The van der Waals surface area contributed by atoms with E-state index in [-0.39, 0.29) is 35.7 Å². The maximum atomic E-state index is 15.1. The van der Waals surface area contributed by atoms with Crippen LogP contribution < -0.4 is 0 Å². The predicted octanol–water partition coefficient (Wildman–Crippen LogP) is 9.13. The molecule has 0 N–H and O–H groups in total. The Bertz CT molecular complexity index is 1080. The van der Waals surface area contributed by atoms with Crippen molar-refractivity contribution in [1.82, 2.24) is 0 Å². The van der Waals surface area contributed by atoms with Crippen molar-refractivity contribution < 1.29 is 22.3 Å². The second kappa shape index (κ2) is 11.6. The van der Waals surface area contributed by atoms with Gasteiger partial charge in [-0.1, -0.05) is 62.7 Å². The molecule has 188 valence electrons. The van der Waals surface area contributed by atoms with Gasteiger partial charge in [0, 0.05) is 17.1 Å². The molecule has 35 heavy (non-hydrogen) atoms. The van der Waals surface area contributed by atoms with Crippen molar-refractivity contribution in [3.8, 4) is 11.1 Å². The zero-order valence-electron chi connectivity index (χ0n) is 20.6. The Morgan fingerprint density at radius 1 is 0.857 bits per heavy atom. The molecule has 5 heteroatoms. The first-order valence-corrected chi connectivity index (χ1v) is 12.9. The summed E-state index contributed by atoms with van der Waals surface area (Å²) in [5.74, 6) is -3.49. The molecule has 0 unspecified atom stereocenters. The highest BCUT2D eigenvalue weighted by molar-refractivity contribution is 5.65. The molecule has 0 bridgehead atoms. The summed E-state index contributed by atoms with van der Waals surface area (Å²) in [5, 5.41) is 0. The van der Waals surface area contributed by atoms with Gasteiger partial charge in [0.1, 0.15) is 5.83 Å². The van der Waals surface area contributed by atoms with Gasteiger partial charge < -0.3 is 4.74 Å². The fourth-order valence-corrected chi connectivity index (χ4v) is 5.27. The third-order valence-electron chi connectivity index (χ3n) is 7.50. The molecule has 1 nitrogen and oxygen atoms in total. The topological polar surface area (TPSA) is 9.23 Å². The van der Waals surface area contributed by atoms with Crippen molar-refractivity contribution in [3.05, 3.63) is 82.5 Å². The van der Waals surface area contributed by atoms with Gasteiger partial charge in [0.05, 0.1) is 12.7 Å². The lowest BCUT2D eigenvalue weighted by Gasteiger charge is -2.30. The zero-order valence-corrected chi connectivity index (χ0v) is 20.6. The van der Waals surface area contributed by atoms with Crippen molar-refractivity contribution in [2.24, 2.45) is 5.92 Å². The Morgan fingerprint density at radius 3 is 2.23 bits per heavy atom. The molecule has 2 aromatic carbocycles. The predicted molar refractivity (Wildman–Crippen MR) is 132 cm³/mol. The van der Waals surface area contributed by atoms with E-state index in [1.54, 1.807) is 18.2 Å². The van der Waals surface area contributed by atoms with Gasteiger partial charge in [0.25, 0.3) is 0 Å². The fraction of sp³-hybridized carbons (Fsp3) is 0.467. The second-order valence-corrected chi connectivity index (χ2v) is 9.79. The van der Waals surface area contributed by atoms with Gasteiger partial charge in [0.15, 0.2) is 17.5 Å². The van der Waals surface area contributed by atoms with Gasteiger partial charge in [0.2, 0.25) is 0 Å². The molecule has 1 fully saturated rings. The molecule has 0 aliphatic heterocycles. The fourth-order valence-electron chi connectivity index (χ4n) is 5.27. The van der Waals surface area contributed by atoms with Crippen LogP contribution in [0.25, 0.3) is 11.1 Å². The number of halogens is 4. The molecule has 2 aliphatic carbocycles. The normalized spacial score (nSPS) is 22.9. The van der Waals surface area contributed by atoms with E-state index in [0.29, 0.717) is 49.7 Å². The van der Waals surface area contributed by atoms with Crippen LogP contribution in [0.4, 0.5) is 17.6 Å². The van der Waals surface area contributed by atoms with Crippen molar-refractivity contribution >= 4 is 0 Å². The number of hydrogen-bond donors (Lipinski definition) is 0. The van der Waals surface area contributed by atoms with Crippen LogP contribution in [0.2, 0.25) is 0 Å². The molecule has 2 aromatic rings. The van der Waals surface area contributed by atoms with Gasteiger partial charge >= 0.3 is 0 Å². The highest BCUT2D eigenvalue weighted by atomic mass is 19.2. The van der Waals surface area contributed by atoms with E-state index in [1.165, 1.54) is 5.56 Å². The second-order valence-electron chi connectivity index (χ2n) is 9.79. The number of aryl methyl sites for hydroxylation is 1. The Balaban J connectivity index is 1.35. The smallest absolute Gasteiger partial charge is 0.166 e. The van der Waals surface area contributed by atoms with Crippen LogP contribution in [-0.4, -0.2) is 12.7 Å². The first kappa shape index (κ1) is 25.7. The Labute approximate surface area is 205 Å². The maximum Gasteiger partial charge on any atom is 0.166 e. The van der Waals surface area contributed by atoms with Crippen LogP contribution >= 0.6 is 0 Å². The van der Waals surface area contributed by atoms with Crippen molar-refractivity contribution in [2.75, 3.05) is 6.61 Å². The Morgan fingerprint density at radius 2 is 1.57 bits per heavy atom. The van der Waals surface area contributed by atoms with Crippen LogP contribution in [0, 0.1) is 17.6 Å². The molecule has 0 saturated heterocycles. The highest BCUT2D eigenvalue weighted by Gasteiger charge is 2.29. The quantitative estimate of drug-likeness (QED) is 0.338. The Hall–Kier alpha value is -2.40. The van der Waals surface area contributed by atoms with E-state index in [1.807, 2.05) is 31.2 Å². The van der Waals surface area contributed by atoms with Crippen LogP contribution in [0.5, 0.6) is 0 Å². The summed E-state index contributed by atoms with van der Waals surface area (Å²) in [6.07, 6.45) is 7.36. The molecule has 0 amide bonds. The first-order chi connectivity index (χ1) is 16.9. The number of allylic oxidation sites excluding steroid dienone is 2. The van der Waals surface area contributed by atoms with Crippen LogP contribution in [0.1, 0.15) is 75.8 Å². The molecule has 1 atom stereocenters. The van der Waals surface area contributed by atoms with E-state index in [9.17, 15) is 13.2 Å². The first-order valence-electron chi connectivity index (χ1n) is 12.9. The van der Waals surface area contributed by atoms with Gasteiger partial charge in [-0.2, -0.15) is 0 Å². The third kappa shape index (κ3) is 5.72. The van der Waals surface area contributed by atoms with Crippen LogP contribution in [0.15, 0.2) is 59.7 Å². The summed E-state index contributed by atoms with van der Waals surface area (Å²) in [6, 6.07) is 11.0. The summed E-state index contributed by atoms with van der Waals surface area (Å²) in [6.45, 7) is 3.99. The Kier molecular flexibility index (Phi) is 8.48. The lowest BCUT2D eigenvalue weighted by molar-refractivity contribution is 0.0375. The highest BCUT2D eigenvalue weighted by Crippen LogP contribution is 2.39. The minimum atomic E-state index is -0.803. The third-order valence-corrected chi connectivity index (χ3v) is 7.50. The molecule has 2 aliphatic rings. The van der Waals surface area contributed by atoms with Crippen molar-refractivity contribution in [3.63, 3.8) is 0 Å². The molecule has 0 spiro atoms. The molecule has 0 radical (unpaired) electrons. The maximum absolute atomic E-state index is 15.1. The van der Waals surface area contributed by atoms with Crippen molar-refractivity contribution in [1.29, 1.82) is 0 Å².